The van der Waals surface area contributed by atoms with Crippen LogP contribution in [0.15, 0.2) is 64.5 Å². The molecule has 0 amide bonds. The van der Waals surface area contributed by atoms with Gasteiger partial charge in [-0.2, -0.15) is 0 Å². The normalized spacial score (nSPS) is 13.1. The molecule has 0 spiro atoms. The highest BCUT2D eigenvalue weighted by atomic mass is 32.2. The van der Waals surface area contributed by atoms with Crippen molar-refractivity contribution in [2.45, 2.75) is 50.8 Å². The summed E-state index contributed by atoms with van der Waals surface area (Å²) >= 11 is 1.87. The van der Waals surface area contributed by atoms with Crippen LogP contribution in [-0.4, -0.2) is 0 Å². The quantitative estimate of drug-likeness (QED) is 0.174. The molecule has 4 aromatic carbocycles. The minimum Gasteiger partial charge on any atom is -0.206 e. The van der Waals surface area contributed by atoms with Gasteiger partial charge in [0.05, 0.1) is 10.9 Å². The average molecular weight is 467 g/mol. The Morgan fingerprint density at radius 2 is 1.71 bits per heavy atom. The Kier molecular flexibility index (Phi) is 4.64. The van der Waals surface area contributed by atoms with E-state index in [9.17, 15) is 0 Å². The van der Waals surface area contributed by atoms with Gasteiger partial charge in [-0.05, 0) is 65.1 Å². The van der Waals surface area contributed by atoms with Gasteiger partial charge in [0.25, 0.3) is 0 Å². The molecule has 1 aliphatic rings. The van der Waals surface area contributed by atoms with E-state index in [1.165, 1.54) is 48.5 Å². The molecule has 0 N–H and O–H groups in total. The number of aromatic nitrogens is 1. The van der Waals surface area contributed by atoms with Gasteiger partial charge < -0.3 is 0 Å². The summed E-state index contributed by atoms with van der Waals surface area (Å²) < 4.78 is 17.3. The van der Waals surface area contributed by atoms with E-state index in [2.05, 4.69) is 82.8 Å². The summed E-state index contributed by atoms with van der Waals surface area (Å²) in [5.74, 6) is -0.154. The number of nitrogens with zero attached hydrogens (tertiary/aromatic N) is 1. The molecule has 0 saturated carbocycles. The number of halogens is 1. The van der Waals surface area contributed by atoms with Crippen LogP contribution in [0.5, 0.6) is 0 Å². The van der Waals surface area contributed by atoms with Crippen molar-refractivity contribution in [1.29, 1.82) is 0 Å². The molecule has 0 saturated heterocycles. The molecule has 170 valence electrons. The van der Waals surface area contributed by atoms with Gasteiger partial charge >= 0.3 is 0 Å². The fraction of sp³-hybridized carbons (Fsp3) is 0.258. The predicted molar refractivity (Wildman–Crippen MR) is 142 cm³/mol. The second-order valence-electron chi connectivity index (χ2n) is 11.0. The number of hydrogen-bond donors (Lipinski definition) is 0. The number of aryl methyl sites for hydroxylation is 3. The van der Waals surface area contributed by atoms with Gasteiger partial charge in [-0.25, -0.2) is 8.96 Å². The third-order valence-corrected chi connectivity index (χ3v) is 8.30. The molecule has 1 aliphatic heterocycles. The first-order valence-electron chi connectivity index (χ1n) is 11.9. The van der Waals surface area contributed by atoms with E-state index in [1.807, 2.05) is 23.9 Å². The van der Waals surface area contributed by atoms with Gasteiger partial charge in [0.1, 0.15) is 12.9 Å². The van der Waals surface area contributed by atoms with Crippen LogP contribution in [0.4, 0.5) is 4.39 Å². The van der Waals surface area contributed by atoms with Gasteiger partial charge in [0, 0.05) is 26.6 Å². The Hall–Kier alpha value is -2.91. The summed E-state index contributed by atoms with van der Waals surface area (Å²) in [6, 6.07) is 16.6. The molecular formula is C31H29FNS+. The van der Waals surface area contributed by atoms with Crippen LogP contribution < -0.4 is 4.57 Å². The van der Waals surface area contributed by atoms with Gasteiger partial charge in [-0.1, -0.05) is 68.4 Å². The van der Waals surface area contributed by atoms with E-state index >= 15 is 4.39 Å². The molecule has 1 aromatic heterocycles. The predicted octanol–water partition coefficient (Wildman–Crippen LogP) is 8.45. The summed E-state index contributed by atoms with van der Waals surface area (Å²) in [4.78, 5) is 2.57. The van der Waals surface area contributed by atoms with Gasteiger partial charge in [-0.3, -0.25) is 0 Å². The SMILES string of the molecule is Cc1ccc2c(CC(C)(C)C)c3c(c(C)c2c1)-c1c2c(cc4cccc(F)c4c2cc[n+]1C)S3. The molecule has 0 radical (unpaired) electrons. The first-order valence-corrected chi connectivity index (χ1v) is 12.7. The lowest BCUT2D eigenvalue weighted by molar-refractivity contribution is -0.659. The van der Waals surface area contributed by atoms with Crippen LogP contribution in [0, 0.1) is 25.1 Å². The van der Waals surface area contributed by atoms with Crippen LogP contribution in [-0.2, 0) is 13.5 Å². The van der Waals surface area contributed by atoms with E-state index in [0.29, 0.717) is 0 Å². The Balaban J connectivity index is 1.84. The average Bonchev–Trinajstić information content (AvgIpc) is 2.77. The smallest absolute Gasteiger partial charge is 0.206 e. The summed E-state index contributed by atoms with van der Waals surface area (Å²) in [5.41, 5.74) is 6.66. The molecule has 2 heterocycles. The van der Waals surface area contributed by atoms with Crippen molar-refractivity contribution in [3.05, 3.63) is 77.2 Å². The minimum atomic E-state index is -0.154. The lowest BCUT2D eigenvalue weighted by atomic mass is 9.82. The third kappa shape index (κ3) is 3.10. The fourth-order valence-corrected chi connectivity index (χ4v) is 7.04. The molecule has 0 bridgehead atoms. The molecule has 0 atom stereocenters. The molecule has 6 rings (SSSR count). The Labute approximate surface area is 204 Å². The number of fused-ring (bicyclic) bond motifs is 5. The first kappa shape index (κ1) is 21.6. The summed E-state index contributed by atoms with van der Waals surface area (Å²) in [5, 5.41) is 6.52. The highest BCUT2D eigenvalue weighted by Gasteiger charge is 2.33. The summed E-state index contributed by atoms with van der Waals surface area (Å²) in [6.45, 7) is 11.4. The van der Waals surface area contributed by atoms with Crippen molar-refractivity contribution >= 4 is 44.1 Å². The number of rotatable bonds is 1. The lowest BCUT2D eigenvalue weighted by Gasteiger charge is -2.28. The molecule has 0 fully saturated rings. The zero-order valence-corrected chi connectivity index (χ0v) is 21.5. The van der Waals surface area contributed by atoms with E-state index in [1.54, 1.807) is 6.07 Å². The van der Waals surface area contributed by atoms with Crippen molar-refractivity contribution in [2.75, 3.05) is 0 Å². The van der Waals surface area contributed by atoms with Crippen LogP contribution in [0.2, 0.25) is 0 Å². The van der Waals surface area contributed by atoms with Gasteiger partial charge in [-0.15, -0.1) is 0 Å². The molecule has 34 heavy (non-hydrogen) atoms. The first-order chi connectivity index (χ1) is 16.1. The second kappa shape index (κ2) is 7.29. The Bertz CT molecular complexity index is 1670. The monoisotopic (exact) mass is 466 g/mol. The van der Waals surface area contributed by atoms with Crippen molar-refractivity contribution in [3.63, 3.8) is 0 Å². The number of hydrogen-bond acceptors (Lipinski definition) is 1. The van der Waals surface area contributed by atoms with Crippen molar-refractivity contribution < 1.29 is 8.96 Å². The second-order valence-corrected chi connectivity index (χ2v) is 12.0. The topological polar surface area (TPSA) is 3.88 Å². The Morgan fingerprint density at radius 1 is 0.912 bits per heavy atom. The summed E-state index contributed by atoms with van der Waals surface area (Å²) in [7, 11) is 2.12. The zero-order chi connectivity index (χ0) is 23.9. The maximum atomic E-state index is 15.1. The van der Waals surface area contributed by atoms with Crippen LogP contribution >= 0.6 is 11.8 Å². The molecular weight excluding hydrogens is 437 g/mol. The van der Waals surface area contributed by atoms with Crippen LogP contribution in [0.1, 0.15) is 37.5 Å². The maximum Gasteiger partial charge on any atom is 0.222 e. The van der Waals surface area contributed by atoms with Crippen LogP contribution in [0.25, 0.3) is 43.6 Å². The number of pyridine rings is 1. The third-order valence-electron chi connectivity index (χ3n) is 7.11. The number of benzene rings is 4. The Morgan fingerprint density at radius 3 is 2.47 bits per heavy atom. The molecule has 1 nitrogen and oxygen atoms in total. The minimum absolute atomic E-state index is 0.154. The highest BCUT2D eigenvalue weighted by Crippen LogP contribution is 2.53. The van der Waals surface area contributed by atoms with E-state index in [4.69, 9.17) is 0 Å². The fourth-order valence-electron chi connectivity index (χ4n) is 5.67. The van der Waals surface area contributed by atoms with E-state index in [-0.39, 0.29) is 11.2 Å². The van der Waals surface area contributed by atoms with E-state index < -0.39 is 0 Å². The molecule has 0 aliphatic carbocycles. The van der Waals surface area contributed by atoms with Gasteiger partial charge in [0.2, 0.25) is 5.69 Å². The van der Waals surface area contributed by atoms with Gasteiger partial charge in [0.15, 0.2) is 6.20 Å². The molecule has 5 aromatic rings. The maximum absolute atomic E-state index is 15.1. The van der Waals surface area contributed by atoms with Crippen molar-refractivity contribution in [2.24, 2.45) is 12.5 Å². The van der Waals surface area contributed by atoms with Crippen molar-refractivity contribution in [3.8, 4) is 11.3 Å². The summed E-state index contributed by atoms with van der Waals surface area (Å²) in [6.07, 6.45) is 3.09. The van der Waals surface area contributed by atoms with E-state index in [0.717, 1.165) is 28.0 Å². The molecule has 0 unspecified atom stereocenters. The molecule has 3 heteroatoms. The standard InChI is InChI=1S/C31H29FNS/c1-17-10-11-20-22(14-17)18(2)26-29-28-21(12-13-33(29)6)27-19(8-7-9-24(27)32)15-25(28)34-30(26)23(20)16-31(3,4)5/h7-15H,16H2,1-6H3/q+1. The lowest BCUT2D eigenvalue weighted by Crippen LogP contribution is -2.32. The van der Waals surface area contributed by atoms with Crippen LogP contribution in [0.3, 0.4) is 0 Å². The largest absolute Gasteiger partial charge is 0.222 e. The highest BCUT2D eigenvalue weighted by molar-refractivity contribution is 8.00. The van der Waals surface area contributed by atoms with Crippen molar-refractivity contribution in [1.82, 2.24) is 0 Å². The zero-order valence-electron chi connectivity index (χ0n) is 20.6.